The van der Waals surface area contributed by atoms with Crippen LogP contribution in [0.4, 0.5) is 5.69 Å². The fourth-order valence-corrected chi connectivity index (χ4v) is 2.25. The van der Waals surface area contributed by atoms with Gasteiger partial charge < -0.3 is 15.4 Å². The van der Waals surface area contributed by atoms with Crippen LogP contribution in [0, 0.1) is 0 Å². The number of para-hydroxylation sites is 1. The molecule has 0 amide bonds. The van der Waals surface area contributed by atoms with Crippen molar-refractivity contribution in [3.05, 3.63) is 59.7 Å². The molecule has 0 fully saturated rings. The molecule has 0 spiro atoms. The van der Waals surface area contributed by atoms with Crippen molar-refractivity contribution in [3.8, 4) is 5.75 Å². The zero-order valence-corrected chi connectivity index (χ0v) is 11.6. The van der Waals surface area contributed by atoms with Gasteiger partial charge in [-0.05, 0) is 30.8 Å². The highest BCUT2D eigenvalue weighted by molar-refractivity contribution is 5.47. The van der Waals surface area contributed by atoms with Crippen molar-refractivity contribution in [3.63, 3.8) is 0 Å². The summed E-state index contributed by atoms with van der Waals surface area (Å²) in [6, 6.07) is 16.6. The van der Waals surface area contributed by atoms with Crippen molar-refractivity contribution in [1.29, 1.82) is 0 Å². The van der Waals surface area contributed by atoms with E-state index in [4.69, 9.17) is 4.74 Å². The summed E-state index contributed by atoms with van der Waals surface area (Å²) in [4.78, 5) is 0. The fourth-order valence-electron chi connectivity index (χ4n) is 2.25. The first kappa shape index (κ1) is 13.4. The number of anilines is 1. The minimum atomic E-state index is 0.127. The Balaban J connectivity index is 2.37. The van der Waals surface area contributed by atoms with E-state index < -0.39 is 0 Å². The van der Waals surface area contributed by atoms with Crippen LogP contribution >= 0.6 is 0 Å². The van der Waals surface area contributed by atoms with Crippen molar-refractivity contribution in [2.24, 2.45) is 0 Å². The molecular formula is C16H20N2O. The highest BCUT2D eigenvalue weighted by Crippen LogP contribution is 2.30. The molecule has 19 heavy (non-hydrogen) atoms. The molecule has 100 valence electrons. The summed E-state index contributed by atoms with van der Waals surface area (Å²) in [6.45, 7) is 0. The van der Waals surface area contributed by atoms with Crippen LogP contribution in [0.25, 0.3) is 0 Å². The average molecular weight is 256 g/mol. The maximum atomic E-state index is 5.44. The highest BCUT2D eigenvalue weighted by Gasteiger charge is 2.15. The summed E-state index contributed by atoms with van der Waals surface area (Å²) in [5.74, 6) is 0.902. The molecule has 3 nitrogen and oxygen atoms in total. The van der Waals surface area contributed by atoms with E-state index in [1.54, 1.807) is 7.11 Å². The Bertz CT molecular complexity index is 523. The molecule has 0 saturated heterocycles. The average Bonchev–Trinajstić information content (AvgIpc) is 2.49. The number of nitrogens with one attached hydrogen (secondary N) is 2. The lowest BCUT2D eigenvalue weighted by Crippen LogP contribution is -2.18. The lowest BCUT2D eigenvalue weighted by molar-refractivity contribution is 0.405. The van der Waals surface area contributed by atoms with Crippen LogP contribution in [0.15, 0.2) is 48.5 Å². The second kappa shape index (κ2) is 6.25. The van der Waals surface area contributed by atoms with E-state index in [1.807, 2.05) is 32.3 Å². The normalized spacial score (nSPS) is 11.9. The molecule has 2 rings (SSSR count). The minimum absolute atomic E-state index is 0.127. The van der Waals surface area contributed by atoms with E-state index in [0.29, 0.717) is 0 Å². The maximum Gasteiger partial charge on any atom is 0.123 e. The van der Waals surface area contributed by atoms with Crippen LogP contribution in [0.1, 0.15) is 17.2 Å². The number of benzene rings is 2. The van der Waals surface area contributed by atoms with Gasteiger partial charge in [0.05, 0.1) is 13.2 Å². The molecule has 3 heteroatoms. The molecule has 0 radical (unpaired) electrons. The molecule has 0 aliphatic rings. The largest absolute Gasteiger partial charge is 0.496 e. The van der Waals surface area contributed by atoms with Crippen molar-refractivity contribution in [1.82, 2.24) is 5.32 Å². The molecule has 2 aromatic carbocycles. The summed E-state index contributed by atoms with van der Waals surface area (Å²) < 4.78 is 5.44. The van der Waals surface area contributed by atoms with E-state index >= 15 is 0 Å². The van der Waals surface area contributed by atoms with Gasteiger partial charge in [-0.3, -0.25) is 0 Å². The maximum absolute atomic E-state index is 5.44. The van der Waals surface area contributed by atoms with Gasteiger partial charge in [-0.1, -0.05) is 30.3 Å². The Labute approximate surface area is 114 Å². The van der Waals surface area contributed by atoms with Crippen LogP contribution in [0.3, 0.4) is 0 Å². The molecule has 2 N–H and O–H groups in total. The third kappa shape index (κ3) is 2.88. The Hall–Kier alpha value is -2.00. The molecule has 0 aliphatic heterocycles. The molecule has 1 atom stereocenters. The van der Waals surface area contributed by atoms with E-state index in [0.717, 1.165) is 17.0 Å². The number of ether oxygens (including phenoxy) is 1. The summed E-state index contributed by atoms with van der Waals surface area (Å²) >= 11 is 0. The molecule has 0 aliphatic carbocycles. The molecule has 2 aromatic rings. The monoisotopic (exact) mass is 256 g/mol. The van der Waals surface area contributed by atoms with Crippen LogP contribution in [0.5, 0.6) is 5.75 Å². The Morgan fingerprint density at radius 1 is 0.947 bits per heavy atom. The molecule has 0 saturated carbocycles. The third-order valence-corrected chi connectivity index (χ3v) is 3.27. The number of rotatable bonds is 5. The molecule has 0 bridgehead atoms. The van der Waals surface area contributed by atoms with Crippen molar-refractivity contribution in [2.45, 2.75) is 6.04 Å². The predicted molar refractivity (Wildman–Crippen MR) is 79.9 cm³/mol. The third-order valence-electron chi connectivity index (χ3n) is 3.27. The van der Waals surface area contributed by atoms with Crippen LogP contribution in [-0.4, -0.2) is 21.2 Å². The van der Waals surface area contributed by atoms with Crippen LogP contribution < -0.4 is 15.4 Å². The number of methoxy groups -OCH3 is 1. The Kier molecular flexibility index (Phi) is 4.42. The Morgan fingerprint density at radius 2 is 1.63 bits per heavy atom. The van der Waals surface area contributed by atoms with Gasteiger partial charge in [0.15, 0.2) is 0 Å². The van der Waals surface area contributed by atoms with E-state index in [1.165, 1.54) is 5.56 Å². The standard InChI is InChI=1S/C16H20N2O/c1-17-13-10-8-12(9-11-13)16(18-2)14-6-4-5-7-15(14)19-3/h4-11,16-18H,1-3H3. The van der Waals surface area contributed by atoms with Gasteiger partial charge in [0.2, 0.25) is 0 Å². The van der Waals surface area contributed by atoms with Crippen LogP contribution in [-0.2, 0) is 0 Å². The summed E-state index contributed by atoms with van der Waals surface area (Å²) in [5, 5.41) is 6.47. The van der Waals surface area contributed by atoms with Crippen molar-refractivity contribution in [2.75, 3.05) is 26.5 Å². The van der Waals surface area contributed by atoms with Gasteiger partial charge in [0.1, 0.15) is 5.75 Å². The highest BCUT2D eigenvalue weighted by atomic mass is 16.5. The van der Waals surface area contributed by atoms with E-state index in [2.05, 4.69) is 41.0 Å². The van der Waals surface area contributed by atoms with Gasteiger partial charge in [-0.2, -0.15) is 0 Å². The van der Waals surface area contributed by atoms with Gasteiger partial charge in [-0.15, -0.1) is 0 Å². The number of hydrogen-bond donors (Lipinski definition) is 2. The van der Waals surface area contributed by atoms with Gasteiger partial charge >= 0.3 is 0 Å². The van der Waals surface area contributed by atoms with Gasteiger partial charge in [0.25, 0.3) is 0 Å². The second-order valence-electron chi connectivity index (χ2n) is 4.34. The van der Waals surface area contributed by atoms with Gasteiger partial charge in [0, 0.05) is 18.3 Å². The first-order valence-electron chi connectivity index (χ1n) is 6.38. The second-order valence-corrected chi connectivity index (χ2v) is 4.34. The summed E-state index contributed by atoms with van der Waals surface area (Å²) in [7, 11) is 5.59. The van der Waals surface area contributed by atoms with E-state index in [-0.39, 0.29) is 6.04 Å². The molecule has 0 aromatic heterocycles. The van der Waals surface area contributed by atoms with E-state index in [9.17, 15) is 0 Å². The molecule has 1 unspecified atom stereocenters. The summed E-state index contributed by atoms with van der Waals surface area (Å²) in [5.41, 5.74) is 3.47. The lowest BCUT2D eigenvalue weighted by atomic mass is 9.98. The summed E-state index contributed by atoms with van der Waals surface area (Å²) in [6.07, 6.45) is 0. The van der Waals surface area contributed by atoms with Gasteiger partial charge in [-0.25, -0.2) is 0 Å². The predicted octanol–water partition coefficient (Wildman–Crippen LogP) is 3.05. The zero-order valence-electron chi connectivity index (χ0n) is 11.6. The van der Waals surface area contributed by atoms with Crippen LogP contribution in [0.2, 0.25) is 0 Å². The van der Waals surface area contributed by atoms with Crippen molar-refractivity contribution < 1.29 is 4.74 Å². The smallest absolute Gasteiger partial charge is 0.123 e. The lowest BCUT2D eigenvalue weighted by Gasteiger charge is -2.20. The SMILES string of the molecule is CNc1ccc(C(NC)c2ccccc2OC)cc1. The first-order valence-corrected chi connectivity index (χ1v) is 6.38. The first-order chi connectivity index (χ1) is 9.30. The Morgan fingerprint density at radius 3 is 2.21 bits per heavy atom. The molecular weight excluding hydrogens is 236 g/mol. The molecule has 0 heterocycles. The van der Waals surface area contributed by atoms with Crippen molar-refractivity contribution >= 4 is 5.69 Å². The fraction of sp³-hybridized carbons (Fsp3) is 0.250. The topological polar surface area (TPSA) is 33.3 Å². The quantitative estimate of drug-likeness (QED) is 0.862. The minimum Gasteiger partial charge on any atom is -0.496 e. The zero-order chi connectivity index (χ0) is 13.7. The number of hydrogen-bond acceptors (Lipinski definition) is 3.